The molecule has 1 aromatic carbocycles. The maximum atomic E-state index is 12.5. The molecule has 1 fully saturated rings. The predicted molar refractivity (Wildman–Crippen MR) is 84.3 cm³/mol. The number of amides is 1. The molecule has 114 valence electrons. The number of carbonyl (C=O) groups is 2. The van der Waals surface area contributed by atoms with Crippen molar-refractivity contribution in [3.8, 4) is 0 Å². The molecule has 1 atom stereocenters. The van der Waals surface area contributed by atoms with Gasteiger partial charge in [0.1, 0.15) is 0 Å². The number of methoxy groups -OCH3 is 1. The van der Waals surface area contributed by atoms with Crippen LogP contribution in [0.4, 0.5) is 0 Å². The number of hydrogen-bond acceptors (Lipinski definition) is 4. The summed E-state index contributed by atoms with van der Waals surface area (Å²) in [6.07, 6.45) is 3.69. The first-order valence-corrected chi connectivity index (χ1v) is 8.50. The second kappa shape index (κ2) is 7.50. The monoisotopic (exact) mass is 307 g/mol. The van der Waals surface area contributed by atoms with Crippen LogP contribution in [0, 0.1) is 5.92 Å². The summed E-state index contributed by atoms with van der Waals surface area (Å²) >= 11 is 1.76. The van der Waals surface area contributed by atoms with Crippen molar-refractivity contribution in [1.29, 1.82) is 0 Å². The molecule has 0 aliphatic carbocycles. The Kier molecular flexibility index (Phi) is 5.67. The van der Waals surface area contributed by atoms with Crippen LogP contribution in [-0.2, 0) is 15.3 Å². The molecule has 5 heteroatoms. The minimum atomic E-state index is -0.220. The van der Waals surface area contributed by atoms with Gasteiger partial charge in [-0.25, -0.2) is 0 Å². The highest BCUT2D eigenvalue weighted by Crippen LogP contribution is 2.20. The van der Waals surface area contributed by atoms with Gasteiger partial charge in [0.15, 0.2) is 0 Å². The Hall–Kier alpha value is -1.49. The Balaban J connectivity index is 2.03. The lowest BCUT2D eigenvalue weighted by Crippen LogP contribution is -2.42. The smallest absolute Gasteiger partial charge is 0.310 e. The van der Waals surface area contributed by atoms with Crippen LogP contribution in [0.25, 0.3) is 0 Å². The highest BCUT2D eigenvalue weighted by Gasteiger charge is 2.29. The highest BCUT2D eigenvalue weighted by molar-refractivity contribution is 7.97. The second-order valence-electron chi connectivity index (χ2n) is 5.24. The zero-order chi connectivity index (χ0) is 15.2. The zero-order valence-electron chi connectivity index (χ0n) is 12.5. The molecule has 1 aromatic rings. The lowest BCUT2D eigenvalue weighted by molar-refractivity contribution is -0.146. The van der Waals surface area contributed by atoms with Gasteiger partial charge in [0.25, 0.3) is 5.91 Å². The summed E-state index contributed by atoms with van der Waals surface area (Å²) in [4.78, 5) is 25.9. The first-order valence-electron chi connectivity index (χ1n) is 7.10. The van der Waals surface area contributed by atoms with Gasteiger partial charge in [0, 0.05) is 24.4 Å². The fourth-order valence-corrected chi connectivity index (χ4v) is 3.14. The molecule has 0 saturated carbocycles. The Labute approximate surface area is 129 Å². The van der Waals surface area contributed by atoms with Crippen molar-refractivity contribution in [3.63, 3.8) is 0 Å². The third kappa shape index (κ3) is 4.00. The Morgan fingerprint density at radius 1 is 1.33 bits per heavy atom. The van der Waals surface area contributed by atoms with Crippen molar-refractivity contribution in [2.24, 2.45) is 5.92 Å². The molecule has 1 aliphatic rings. The number of esters is 1. The molecular formula is C16H21NO3S. The van der Waals surface area contributed by atoms with Crippen molar-refractivity contribution in [3.05, 3.63) is 35.4 Å². The third-order valence-corrected chi connectivity index (χ3v) is 4.38. The predicted octanol–water partition coefficient (Wildman–Crippen LogP) is 2.57. The summed E-state index contributed by atoms with van der Waals surface area (Å²) in [6, 6.07) is 7.72. The van der Waals surface area contributed by atoms with E-state index in [0.717, 1.165) is 18.6 Å². The van der Waals surface area contributed by atoms with Crippen LogP contribution in [0.2, 0.25) is 0 Å². The summed E-state index contributed by atoms with van der Waals surface area (Å²) in [6.45, 7) is 1.16. The maximum absolute atomic E-state index is 12.5. The average molecular weight is 307 g/mol. The largest absolute Gasteiger partial charge is 0.469 e. The van der Waals surface area contributed by atoms with Gasteiger partial charge in [0.05, 0.1) is 13.0 Å². The molecule has 0 aromatic heterocycles. The quantitative estimate of drug-likeness (QED) is 0.802. The van der Waals surface area contributed by atoms with Crippen LogP contribution in [0.3, 0.4) is 0 Å². The molecule has 0 radical (unpaired) electrons. The van der Waals surface area contributed by atoms with Crippen LogP contribution < -0.4 is 0 Å². The summed E-state index contributed by atoms with van der Waals surface area (Å²) < 4.78 is 4.79. The van der Waals surface area contributed by atoms with E-state index in [-0.39, 0.29) is 17.8 Å². The maximum Gasteiger partial charge on any atom is 0.310 e. The molecule has 4 nitrogen and oxygen atoms in total. The Morgan fingerprint density at radius 2 is 2.05 bits per heavy atom. The van der Waals surface area contributed by atoms with E-state index in [1.807, 2.05) is 24.3 Å². The van der Waals surface area contributed by atoms with E-state index in [1.54, 1.807) is 16.7 Å². The van der Waals surface area contributed by atoms with Gasteiger partial charge >= 0.3 is 5.97 Å². The normalized spacial score (nSPS) is 18.4. The van der Waals surface area contributed by atoms with Crippen molar-refractivity contribution in [2.75, 3.05) is 26.5 Å². The summed E-state index contributed by atoms with van der Waals surface area (Å²) in [5.74, 6) is 0.536. The third-order valence-electron chi connectivity index (χ3n) is 3.76. The Morgan fingerprint density at radius 3 is 2.67 bits per heavy atom. The summed E-state index contributed by atoms with van der Waals surface area (Å²) in [7, 11) is 1.40. The lowest BCUT2D eigenvalue weighted by Gasteiger charge is -2.31. The molecule has 0 bridgehead atoms. The van der Waals surface area contributed by atoms with Crippen LogP contribution in [-0.4, -0.2) is 43.2 Å². The first kappa shape index (κ1) is 15.9. The first-order chi connectivity index (χ1) is 10.2. The van der Waals surface area contributed by atoms with Crippen molar-refractivity contribution < 1.29 is 14.3 Å². The number of thioether (sulfide) groups is 1. The average Bonchev–Trinajstić information content (AvgIpc) is 2.54. The van der Waals surface area contributed by atoms with Crippen LogP contribution in [0.1, 0.15) is 28.8 Å². The number of nitrogens with zero attached hydrogens (tertiary/aromatic N) is 1. The zero-order valence-corrected chi connectivity index (χ0v) is 13.3. The topological polar surface area (TPSA) is 46.6 Å². The summed E-state index contributed by atoms with van der Waals surface area (Å²) in [5, 5.41) is 0. The molecule has 1 aliphatic heterocycles. The van der Waals surface area contributed by atoms with Crippen LogP contribution in [0.5, 0.6) is 0 Å². The van der Waals surface area contributed by atoms with E-state index < -0.39 is 0 Å². The fourth-order valence-electron chi connectivity index (χ4n) is 2.61. The van der Waals surface area contributed by atoms with Crippen molar-refractivity contribution >= 4 is 23.6 Å². The van der Waals surface area contributed by atoms with E-state index in [2.05, 4.69) is 6.26 Å². The number of piperidine rings is 1. The Bertz CT molecular complexity index is 501. The van der Waals surface area contributed by atoms with Crippen LogP contribution >= 0.6 is 11.8 Å². The number of likely N-dealkylation sites (tertiary alicyclic amines) is 1. The molecule has 2 rings (SSSR count). The molecule has 0 N–H and O–H groups in total. The minimum absolute atomic E-state index is 0.000644. The van der Waals surface area contributed by atoms with E-state index in [1.165, 1.54) is 12.7 Å². The van der Waals surface area contributed by atoms with Crippen molar-refractivity contribution in [2.45, 2.75) is 18.6 Å². The SMILES string of the molecule is COC(=O)C1CCCN(C(=O)c2ccc(CSC)cc2)C1. The molecular weight excluding hydrogens is 286 g/mol. The van der Waals surface area contributed by atoms with Gasteiger partial charge in [-0.1, -0.05) is 12.1 Å². The highest BCUT2D eigenvalue weighted by atomic mass is 32.2. The summed E-state index contributed by atoms with van der Waals surface area (Å²) in [5.41, 5.74) is 1.90. The van der Waals surface area contributed by atoms with Gasteiger partial charge in [-0.2, -0.15) is 11.8 Å². The lowest BCUT2D eigenvalue weighted by atomic mass is 9.97. The number of rotatable bonds is 4. The fraction of sp³-hybridized carbons (Fsp3) is 0.500. The van der Waals surface area contributed by atoms with E-state index >= 15 is 0 Å². The van der Waals surface area contributed by atoms with Gasteiger partial charge in [-0.15, -0.1) is 0 Å². The number of ether oxygens (including phenoxy) is 1. The van der Waals surface area contributed by atoms with E-state index in [0.29, 0.717) is 18.7 Å². The second-order valence-corrected chi connectivity index (χ2v) is 6.11. The van der Waals surface area contributed by atoms with E-state index in [9.17, 15) is 9.59 Å². The van der Waals surface area contributed by atoms with E-state index in [4.69, 9.17) is 4.74 Å². The van der Waals surface area contributed by atoms with Crippen molar-refractivity contribution in [1.82, 2.24) is 4.90 Å². The van der Waals surface area contributed by atoms with Gasteiger partial charge in [-0.3, -0.25) is 9.59 Å². The van der Waals surface area contributed by atoms with Gasteiger partial charge in [-0.05, 0) is 36.8 Å². The number of carbonyl (C=O) groups excluding carboxylic acids is 2. The molecule has 1 saturated heterocycles. The number of benzene rings is 1. The standard InChI is InChI=1S/C16H21NO3S/c1-20-16(19)14-4-3-9-17(10-14)15(18)13-7-5-12(6-8-13)11-21-2/h5-8,14H,3-4,9-11H2,1-2H3. The molecule has 1 unspecified atom stereocenters. The minimum Gasteiger partial charge on any atom is -0.469 e. The molecule has 1 amide bonds. The molecule has 0 spiro atoms. The van der Waals surface area contributed by atoms with Gasteiger partial charge in [0.2, 0.25) is 0 Å². The molecule has 1 heterocycles. The number of hydrogen-bond donors (Lipinski definition) is 0. The van der Waals surface area contributed by atoms with Gasteiger partial charge < -0.3 is 9.64 Å². The van der Waals surface area contributed by atoms with Crippen LogP contribution in [0.15, 0.2) is 24.3 Å². The molecule has 21 heavy (non-hydrogen) atoms.